The van der Waals surface area contributed by atoms with Crippen molar-refractivity contribution >= 4 is 17.5 Å². The number of amides is 2. The van der Waals surface area contributed by atoms with E-state index in [9.17, 15) is 9.59 Å². The van der Waals surface area contributed by atoms with Gasteiger partial charge in [-0.25, -0.2) is 0 Å². The summed E-state index contributed by atoms with van der Waals surface area (Å²) in [4.78, 5) is 29.4. The van der Waals surface area contributed by atoms with Crippen LogP contribution < -0.4 is 9.64 Å². The molecule has 0 N–H and O–H groups in total. The number of hydrogen-bond donors (Lipinski definition) is 0. The molecule has 0 radical (unpaired) electrons. The molecule has 2 aliphatic heterocycles. The second-order valence-electron chi connectivity index (χ2n) is 7.77. The molecule has 4 rings (SSSR count). The van der Waals surface area contributed by atoms with Gasteiger partial charge in [0.25, 0.3) is 11.8 Å². The fourth-order valence-electron chi connectivity index (χ4n) is 4.34. The van der Waals surface area contributed by atoms with Gasteiger partial charge in [0.2, 0.25) is 0 Å². The highest BCUT2D eigenvalue weighted by Gasteiger charge is 2.44. The van der Waals surface area contributed by atoms with Gasteiger partial charge in [0.15, 0.2) is 0 Å². The molecule has 0 aliphatic carbocycles. The molecular formula is C23H26N2O4. The van der Waals surface area contributed by atoms with Gasteiger partial charge in [-0.05, 0) is 43.5 Å². The van der Waals surface area contributed by atoms with Crippen LogP contribution in [-0.4, -0.2) is 55.7 Å². The second-order valence-corrected chi connectivity index (χ2v) is 7.77. The Balaban J connectivity index is 1.57. The van der Waals surface area contributed by atoms with E-state index in [2.05, 4.69) is 0 Å². The van der Waals surface area contributed by atoms with E-state index in [4.69, 9.17) is 9.47 Å². The first-order chi connectivity index (χ1) is 14.0. The molecule has 6 nitrogen and oxygen atoms in total. The topological polar surface area (TPSA) is 59.1 Å². The largest absolute Gasteiger partial charge is 0.496 e. The van der Waals surface area contributed by atoms with Crippen molar-refractivity contribution in [3.63, 3.8) is 0 Å². The van der Waals surface area contributed by atoms with E-state index in [0.29, 0.717) is 30.9 Å². The summed E-state index contributed by atoms with van der Waals surface area (Å²) in [5.74, 6) is 0.504. The van der Waals surface area contributed by atoms with Crippen LogP contribution in [0.1, 0.15) is 28.8 Å². The van der Waals surface area contributed by atoms with Crippen LogP contribution in [0.25, 0.3) is 0 Å². The number of rotatable bonds is 3. The van der Waals surface area contributed by atoms with Crippen molar-refractivity contribution in [2.24, 2.45) is 0 Å². The molecule has 2 aliphatic rings. The van der Waals surface area contributed by atoms with E-state index >= 15 is 0 Å². The fraction of sp³-hybridized carbons (Fsp3) is 0.391. The van der Waals surface area contributed by atoms with Gasteiger partial charge >= 0.3 is 0 Å². The average molecular weight is 394 g/mol. The Kier molecular flexibility index (Phi) is 5.28. The number of methoxy groups -OCH3 is 1. The Bertz CT molecular complexity index is 914. The minimum atomic E-state index is -0.547. The van der Waals surface area contributed by atoms with E-state index in [-0.39, 0.29) is 18.4 Å². The van der Waals surface area contributed by atoms with Crippen molar-refractivity contribution in [3.05, 3.63) is 59.7 Å². The zero-order valence-electron chi connectivity index (χ0n) is 16.9. The lowest BCUT2D eigenvalue weighted by molar-refractivity contribution is -0.144. The highest BCUT2D eigenvalue weighted by Crippen LogP contribution is 2.33. The maximum absolute atomic E-state index is 13.3. The fourth-order valence-corrected chi connectivity index (χ4v) is 4.34. The van der Waals surface area contributed by atoms with Gasteiger partial charge in [-0.1, -0.05) is 30.3 Å². The van der Waals surface area contributed by atoms with Gasteiger partial charge in [-0.3, -0.25) is 9.59 Å². The Morgan fingerprint density at radius 2 is 1.90 bits per heavy atom. The van der Waals surface area contributed by atoms with Crippen molar-refractivity contribution in [1.29, 1.82) is 0 Å². The normalized spacial score (nSPS) is 22.1. The first-order valence-electron chi connectivity index (χ1n) is 9.95. The number of anilines is 1. The quantitative estimate of drug-likeness (QED) is 0.803. The number of hydrogen-bond acceptors (Lipinski definition) is 4. The van der Waals surface area contributed by atoms with E-state index in [1.807, 2.05) is 54.3 Å². The van der Waals surface area contributed by atoms with Crippen molar-refractivity contribution in [3.8, 4) is 5.75 Å². The van der Waals surface area contributed by atoms with Crippen molar-refractivity contribution < 1.29 is 19.1 Å². The van der Waals surface area contributed by atoms with Crippen LogP contribution in [0.5, 0.6) is 5.75 Å². The third-order valence-electron chi connectivity index (χ3n) is 5.79. The Morgan fingerprint density at radius 3 is 2.66 bits per heavy atom. The van der Waals surface area contributed by atoms with Crippen LogP contribution in [0.15, 0.2) is 48.5 Å². The SMILES string of the molecule is COc1c(C)cccc1C(=O)N1CCCC2(C1)CN(c1ccccc1)C(=O)CO2. The molecule has 2 aromatic carbocycles. The van der Waals surface area contributed by atoms with E-state index in [1.54, 1.807) is 18.1 Å². The lowest BCUT2D eigenvalue weighted by Gasteiger charge is -2.47. The number of piperidine rings is 1. The van der Waals surface area contributed by atoms with Crippen LogP contribution in [0.3, 0.4) is 0 Å². The molecule has 1 atom stereocenters. The average Bonchev–Trinajstić information content (AvgIpc) is 2.75. The van der Waals surface area contributed by atoms with Crippen LogP contribution in [0.4, 0.5) is 5.69 Å². The number of nitrogens with zero attached hydrogens (tertiary/aromatic N) is 2. The molecule has 152 valence electrons. The number of para-hydroxylation sites is 2. The van der Waals surface area contributed by atoms with E-state index < -0.39 is 5.60 Å². The Labute approximate surface area is 171 Å². The van der Waals surface area contributed by atoms with Gasteiger partial charge < -0.3 is 19.3 Å². The summed E-state index contributed by atoms with van der Waals surface area (Å²) < 4.78 is 11.5. The highest BCUT2D eigenvalue weighted by molar-refractivity contribution is 5.98. The molecule has 29 heavy (non-hydrogen) atoms. The lowest BCUT2D eigenvalue weighted by atomic mass is 9.89. The number of benzene rings is 2. The van der Waals surface area contributed by atoms with Crippen molar-refractivity contribution in [1.82, 2.24) is 4.90 Å². The van der Waals surface area contributed by atoms with Gasteiger partial charge in [-0.15, -0.1) is 0 Å². The van der Waals surface area contributed by atoms with Crippen LogP contribution in [-0.2, 0) is 9.53 Å². The number of carbonyl (C=O) groups is 2. The number of likely N-dealkylation sites (tertiary alicyclic amines) is 1. The van der Waals surface area contributed by atoms with Crippen molar-refractivity contribution in [2.75, 3.05) is 38.3 Å². The molecule has 2 heterocycles. The molecule has 2 fully saturated rings. The third-order valence-corrected chi connectivity index (χ3v) is 5.79. The summed E-state index contributed by atoms with van der Waals surface area (Å²) in [6, 6.07) is 15.2. The van der Waals surface area contributed by atoms with Gasteiger partial charge in [-0.2, -0.15) is 0 Å². The monoisotopic (exact) mass is 394 g/mol. The van der Waals surface area contributed by atoms with Gasteiger partial charge in [0.1, 0.15) is 18.0 Å². The van der Waals surface area contributed by atoms with E-state index in [0.717, 1.165) is 24.1 Å². The zero-order chi connectivity index (χ0) is 20.4. The molecule has 0 saturated carbocycles. The first kappa shape index (κ1) is 19.5. The summed E-state index contributed by atoms with van der Waals surface area (Å²) in [7, 11) is 1.59. The van der Waals surface area contributed by atoms with Crippen LogP contribution >= 0.6 is 0 Å². The smallest absolute Gasteiger partial charge is 0.257 e. The summed E-state index contributed by atoms with van der Waals surface area (Å²) >= 11 is 0. The summed E-state index contributed by atoms with van der Waals surface area (Å²) in [5, 5.41) is 0. The predicted molar refractivity (Wildman–Crippen MR) is 110 cm³/mol. The molecule has 2 aromatic rings. The van der Waals surface area contributed by atoms with Crippen molar-refractivity contribution in [2.45, 2.75) is 25.4 Å². The lowest BCUT2D eigenvalue weighted by Crippen LogP contribution is -2.62. The summed E-state index contributed by atoms with van der Waals surface area (Å²) in [6.45, 7) is 3.54. The van der Waals surface area contributed by atoms with E-state index in [1.165, 1.54) is 0 Å². The molecule has 2 saturated heterocycles. The number of carbonyl (C=O) groups excluding carboxylic acids is 2. The number of ether oxygens (including phenoxy) is 2. The van der Waals surface area contributed by atoms with Crippen LogP contribution in [0, 0.1) is 6.92 Å². The third kappa shape index (κ3) is 3.72. The van der Waals surface area contributed by atoms with Gasteiger partial charge in [0, 0.05) is 12.2 Å². The molecule has 2 amide bonds. The molecule has 6 heteroatoms. The minimum Gasteiger partial charge on any atom is -0.496 e. The summed E-state index contributed by atoms with van der Waals surface area (Å²) in [5.41, 5.74) is 1.81. The molecule has 1 unspecified atom stereocenters. The molecular weight excluding hydrogens is 368 g/mol. The molecule has 0 bridgehead atoms. The second kappa shape index (κ2) is 7.87. The Hall–Kier alpha value is -2.86. The molecule has 1 spiro atoms. The number of morpholine rings is 1. The Morgan fingerprint density at radius 1 is 1.10 bits per heavy atom. The maximum Gasteiger partial charge on any atom is 0.257 e. The van der Waals surface area contributed by atoms with Gasteiger partial charge in [0.05, 0.1) is 25.8 Å². The first-order valence-corrected chi connectivity index (χ1v) is 9.95. The number of aryl methyl sites for hydroxylation is 1. The molecule has 0 aromatic heterocycles. The minimum absolute atomic E-state index is 0.0324. The standard InChI is InChI=1S/C23H26N2O4/c1-17-8-6-11-19(21(17)28-2)22(27)24-13-7-12-23(15-24)16-25(20(26)14-29-23)18-9-4-3-5-10-18/h3-6,8-11H,7,12-16H2,1-2H3. The highest BCUT2D eigenvalue weighted by atomic mass is 16.5. The predicted octanol–water partition coefficient (Wildman–Crippen LogP) is 3.04. The maximum atomic E-state index is 13.3. The van der Waals surface area contributed by atoms with Crippen LogP contribution in [0.2, 0.25) is 0 Å². The summed E-state index contributed by atoms with van der Waals surface area (Å²) in [6.07, 6.45) is 1.65. The zero-order valence-corrected chi connectivity index (χ0v) is 16.9.